The first-order valence-corrected chi connectivity index (χ1v) is 8.74. The largest absolute Gasteiger partial charge is 0.493 e. The zero-order valence-corrected chi connectivity index (χ0v) is 16.9. The smallest absolute Gasteiger partial charge is 0.339 e. The first-order chi connectivity index (χ1) is 13.8. The Hall–Kier alpha value is -3.55. The van der Waals surface area contributed by atoms with Crippen LogP contribution in [0, 0.1) is 0 Å². The van der Waals surface area contributed by atoms with Gasteiger partial charge in [0.15, 0.2) is 23.4 Å². The number of hydrogen-bond donors (Lipinski definition) is 1. The fourth-order valence-electron chi connectivity index (χ4n) is 2.61. The van der Waals surface area contributed by atoms with Crippen LogP contribution in [0.15, 0.2) is 36.4 Å². The zero-order chi connectivity index (χ0) is 21.6. The van der Waals surface area contributed by atoms with Crippen LogP contribution in [-0.4, -0.2) is 45.1 Å². The van der Waals surface area contributed by atoms with E-state index in [9.17, 15) is 14.4 Å². The van der Waals surface area contributed by atoms with Gasteiger partial charge >= 0.3 is 5.97 Å². The van der Waals surface area contributed by atoms with Crippen molar-refractivity contribution in [1.29, 1.82) is 0 Å². The van der Waals surface area contributed by atoms with E-state index in [1.165, 1.54) is 47.3 Å². The topological polar surface area (TPSA) is 100 Å². The van der Waals surface area contributed by atoms with E-state index in [0.717, 1.165) is 0 Å². The molecule has 29 heavy (non-hydrogen) atoms. The third-order valence-corrected chi connectivity index (χ3v) is 4.12. The molecule has 2 aromatic carbocycles. The van der Waals surface area contributed by atoms with Gasteiger partial charge in [-0.15, -0.1) is 0 Å². The molecule has 0 heterocycles. The molecular weight excluding hydrogens is 378 g/mol. The summed E-state index contributed by atoms with van der Waals surface area (Å²) in [6.45, 7) is 2.83. The molecule has 0 aromatic heterocycles. The van der Waals surface area contributed by atoms with Crippen molar-refractivity contribution in [3.63, 3.8) is 0 Å². The number of Topliss-reactive ketones (excluding diaryl/α,β-unsaturated/α-hetero) is 1. The molecule has 0 fully saturated rings. The van der Waals surface area contributed by atoms with Gasteiger partial charge in [-0.05, 0) is 38.1 Å². The summed E-state index contributed by atoms with van der Waals surface area (Å²) in [6.07, 6.45) is -1.11. The second-order valence-electron chi connectivity index (χ2n) is 6.05. The number of anilines is 1. The maximum Gasteiger partial charge on any atom is 0.339 e. The van der Waals surface area contributed by atoms with Gasteiger partial charge in [0.25, 0.3) is 5.91 Å². The molecule has 0 saturated carbocycles. The van der Waals surface area contributed by atoms with Gasteiger partial charge in [-0.3, -0.25) is 9.59 Å². The monoisotopic (exact) mass is 401 g/mol. The van der Waals surface area contributed by atoms with E-state index in [0.29, 0.717) is 17.0 Å². The Bertz CT molecular complexity index is 898. The molecule has 154 valence electrons. The number of carbonyl (C=O) groups is 3. The Labute approximate surface area is 168 Å². The number of rotatable bonds is 8. The zero-order valence-electron chi connectivity index (χ0n) is 16.9. The first kappa shape index (κ1) is 21.7. The minimum Gasteiger partial charge on any atom is -0.493 e. The Balaban J connectivity index is 2.16. The molecule has 0 aliphatic heterocycles. The second-order valence-corrected chi connectivity index (χ2v) is 6.05. The van der Waals surface area contributed by atoms with Crippen molar-refractivity contribution in [2.45, 2.75) is 20.0 Å². The third kappa shape index (κ3) is 5.04. The lowest BCUT2D eigenvalue weighted by atomic mass is 10.1. The highest BCUT2D eigenvalue weighted by atomic mass is 16.5. The molecule has 0 saturated heterocycles. The molecule has 0 radical (unpaired) electrons. The van der Waals surface area contributed by atoms with Gasteiger partial charge in [-0.25, -0.2) is 4.79 Å². The fraction of sp³-hybridized carbons (Fsp3) is 0.286. The predicted molar refractivity (Wildman–Crippen MR) is 106 cm³/mol. The highest BCUT2D eigenvalue weighted by molar-refractivity contribution is 6.05. The number of esters is 1. The quantitative estimate of drug-likeness (QED) is 0.536. The second kappa shape index (κ2) is 9.59. The molecule has 0 aliphatic rings. The molecular formula is C21H23NO7. The number of methoxy groups -OCH3 is 3. The maximum atomic E-state index is 12.5. The summed E-state index contributed by atoms with van der Waals surface area (Å²) in [5, 5.41) is 2.61. The van der Waals surface area contributed by atoms with E-state index in [1.807, 2.05) is 0 Å². The number of ketones is 1. The van der Waals surface area contributed by atoms with Gasteiger partial charge in [0, 0.05) is 5.56 Å². The number of nitrogens with one attached hydrogen (secondary N) is 1. The number of para-hydroxylation sites is 1. The van der Waals surface area contributed by atoms with E-state index in [1.54, 1.807) is 24.3 Å². The lowest BCUT2D eigenvalue weighted by molar-refractivity contribution is -0.123. The van der Waals surface area contributed by atoms with Gasteiger partial charge in [0.1, 0.15) is 0 Å². The van der Waals surface area contributed by atoms with Gasteiger partial charge in [0.05, 0.1) is 32.6 Å². The van der Waals surface area contributed by atoms with E-state index in [-0.39, 0.29) is 22.8 Å². The van der Waals surface area contributed by atoms with E-state index >= 15 is 0 Å². The Morgan fingerprint density at radius 3 is 2.03 bits per heavy atom. The number of hydrogen-bond acceptors (Lipinski definition) is 7. The van der Waals surface area contributed by atoms with Crippen LogP contribution in [-0.2, 0) is 9.53 Å². The average Bonchev–Trinajstić information content (AvgIpc) is 2.72. The van der Waals surface area contributed by atoms with Crippen molar-refractivity contribution >= 4 is 23.3 Å². The van der Waals surface area contributed by atoms with Crippen LogP contribution in [0.2, 0.25) is 0 Å². The van der Waals surface area contributed by atoms with Crippen LogP contribution in [0.3, 0.4) is 0 Å². The van der Waals surface area contributed by atoms with Crippen LogP contribution in [0.4, 0.5) is 5.69 Å². The molecule has 0 aliphatic carbocycles. The van der Waals surface area contributed by atoms with E-state index in [4.69, 9.17) is 18.9 Å². The normalized spacial score (nSPS) is 11.2. The standard InChI is InChI=1S/C21H23NO7/c1-12(23)15-8-6-7-9-16(15)22-20(24)13(2)29-21(25)14-10-17(26-3)19(28-5)18(11-14)27-4/h6-11,13H,1-5H3,(H,22,24). The lowest BCUT2D eigenvalue weighted by Gasteiger charge is -2.16. The van der Waals surface area contributed by atoms with Gasteiger partial charge in [-0.1, -0.05) is 12.1 Å². The molecule has 8 heteroatoms. The third-order valence-electron chi connectivity index (χ3n) is 4.12. The minimum absolute atomic E-state index is 0.128. The highest BCUT2D eigenvalue weighted by Crippen LogP contribution is 2.38. The maximum absolute atomic E-state index is 12.5. The van der Waals surface area contributed by atoms with Gasteiger partial charge in [0.2, 0.25) is 5.75 Å². The number of carbonyl (C=O) groups excluding carboxylic acids is 3. The van der Waals surface area contributed by atoms with Crippen LogP contribution in [0.5, 0.6) is 17.2 Å². The molecule has 1 amide bonds. The lowest BCUT2D eigenvalue weighted by Crippen LogP contribution is -2.30. The molecule has 1 unspecified atom stereocenters. The molecule has 1 N–H and O–H groups in total. The summed E-state index contributed by atoms with van der Waals surface area (Å²) in [6, 6.07) is 9.45. The van der Waals surface area contributed by atoms with Crippen LogP contribution in [0.25, 0.3) is 0 Å². The van der Waals surface area contributed by atoms with E-state index < -0.39 is 18.0 Å². The summed E-state index contributed by atoms with van der Waals surface area (Å²) in [4.78, 5) is 36.6. The first-order valence-electron chi connectivity index (χ1n) is 8.74. The van der Waals surface area contributed by atoms with Gasteiger partial charge in [-0.2, -0.15) is 0 Å². The van der Waals surface area contributed by atoms with Crippen molar-refractivity contribution < 1.29 is 33.3 Å². The van der Waals surface area contributed by atoms with E-state index in [2.05, 4.69) is 5.32 Å². The Kier molecular flexibility index (Phi) is 7.19. The molecule has 0 bridgehead atoms. The average molecular weight is 401 g/mol. The number of amides is 1. The summed E-state index contributed by atoms with van der Waals surface area (Å²) in [7, 11) is 4.30. The molecule has 1 atom stereocenters. The SMILES string of the molecule is COc1cc(C(=O)OC(C)C(=O)Nc2ccccc2C(C)=O)cc(OC)c1OC. The summed E-state index contributed by atoms with van der Waals surface area (Å²) >= 11 is 0. The molecule has 2 aromatic rings. The fourth-order valence-corrected chi connectivity index (χ4v) is 2.61. The Morgan fingerprint density at radius 1 is 0.931 bits per heavy atom. The van der Waals surface area contributed by atoms with Crippen LogP contribution in [0.1, 0.15) is 34.6 Å². The van der Waals surface area contributed by atoms with Crippen LogP contribution < -0.4 is 19.5 Å². The molecule has 8 nitrogen and oxygen atoms in total. The van der Waals surface area contributed by atoms with Crippen molar-refractivity contribution in [2.75, 3.05) is 26.6 Å². The molecule has 0 spiro atoms. The van der Waals surface area contributed by atoms with Gasteiger partial charge < -0.3 is 24.3 Å². The van der Waals surface area contributed by atoms with Crippen LogP contribution >= 0.6 is 0 Å². The van der Waals surface area contributed by atoms with Crippen molar-refractivity contribution in [3.05, 3.63) is 47.5 Å². The summed E-state index contributed by atoms with van der Waals surface area (Å²) < 4.78 is 20.9. The summed E-state index contributed by atoms with van der Waals surface area (Å²) in [5.74, 6) is -0.606. The minimum atomic E-state index is -1.11. The van der Waals surface area contributed by atoms with Crippen molar-refractivity contribution in [1.82, 2.24) is 0 Å². The van der Waals surface area contributed by atoms with Crippen molar-refractivity contribution in [2.24, 2.45) is 0 Å². The molecule has 2 rings (SSSR count). The Morgan fingerprint density at radius 2 is 1.52 bits per heavy atom. The highest BCUT2D eigenvalue weighted by Gasteiger charge is 2.23. The number of ether oxygens (including phenoxy) is 4. The number of benzene rings is 2. The summed E-state index contributed by atoms with van der Waals surface area (Å²) in [5.41, 5.74) is 0.841. The van der Waals surface area contributed by atoms with Crippen molar-refractivity contribution in [3.8, 4) is 17.2 Å². The predicted octanol–water partition coefficient (Wildman–Crippen LogP) is 3.10.